The van der Waals surface area contributed by atoms with Crippen molar-refractivity contribution < 1.29 is 28.5 Å². The molecule has 16 nitrogen and oxygen atoms in total. The molecule has 0 spiro atoms. The lowest BCUT2D eigenvalue weighted by Crippen LogP contribution is -2.31. The fourth-order valence-corrected chi connectivity index (χ4v) is 11.1. The number of halogens is 4. The lowest BCUT2D eigenvalue weighted by atomic mass is 9.84. The predicted molar refractivity (Wildman–Crippen MR) is 305 cm³/mol. The van der Waals surface area contributed by atoms with Crippen molar-refractivity contribution in [3.05, 3.63) is 168 Å². The molecule has 2 aliphatic heterocycles. The van der Waals surface area contributed by atoms with Gasteiger partial charge in [-0.1, -0.05) is 105 Å². The van der Waals surface area contributed by atoms with Gasteiger partial charge >= 0.3 is 6.03 Å². The molecule has 4 heterocycles. The van der Waals surface area contributed by atoms with Crippen molar-refractivity contribution in [3.63, 3.8) is 0 Å². The summed E-state index contributed by atoms with van der Waals surface area (Å²) in [6.45, 7) is 8.04. The Labute approximate surface area is 475 Å². The zero-order valence-electron chi connectivity index (χ0n) is 43.8. The molecule has 2 atom stereocenters. The molecule has 7 aromatic rings. The van der Waals surface area contributed by atoms with Crippen LogP contribution in [0.4, 0.5) is 10.5 Å². The molecule has 9 rings (SSSR count). The van der Waals surface area contributed by atoms with Gasteiger partial charge in [0.1, 0.15) is 17.2 Å². The van der Waals surface area contributed by atoms with E-state index in [1.165, 1.54) is 16.7 Å². The molecule has 2 aromatic heterocycles. The number of benzene rings is 5. The van der Waals surface area contributed by atoms with Crippen LogP contribution in [0.25, 0.3) is 22.5 Å². The molecule has 0 saturated heterocycles. The van der Waals surface area contributed by atoms with Crippen molar-refractivity contribution in [1.82, 2.24) is 45.1 Å². The zero-order valence-corrected chi connectivity index (χ0v) is 46.8. The van der Waals surface area contributed by atoms with E-state index >= 15 is 0 Å². The Kier molecular flexibility index (Phi) is 20.4. The van der Waals surface area contributed by atoms with Crippen LogP contribution in [0.15, 0.2) is 109 Å². The SMILES string of the molecule is CN1Cc2c(Cl)cc(Cl)cc2[C@H](c2cccc(-c3cn(CCOCCOCCCC(=O)Cc4ccc(NC(=O)NCCOCCOCCn5cc(-c6cccc([C@@H]7CN(C)Cc8c(Cl)cc(Cl)cc87)c6)nn5)cc4)nn3)c2)C1. The van der Waals surface area contributed by atoms with Gasteiger partial charge in [-0.15, -0.1) is 10.2 Å². The van der Waals surface area contributed by atoms with Crippen LogP contribution in [0.5, 0.6) is 0 Å². The summed E-state index contributed by atoms with van der Waals surface area (Å²) in [7, 11) is 4.21. The number of hydrogen-bond donors (Lipinski definition) is 2. The number of fused-ring (bicyclic) bond motifs is 2. The first-order chi connectivity index (χ1) is 37.9. The van der Waals surface area contributed by atoms with Crippen LogP contribution in [0.2, 0.25) is 20.1 Å². The predicted octanol–water partition coefficient (Wildman–Crippen LogP) is 10.5. The number of likely N-dealkylation sites (N-methyl/N-ethyl adjacent to an activating group) is 2. The van der Waals surface area contributed by atoms with Gasteiger partial charge in [-0.05, 0) is 108 Å². The second-order valence-corrected chi connectivity index (χ2v) is 21.4. The summed E-state index contributed by atoms with van der Waals surface area (Å²) in [4.78, 5) is 29.7. The number of carbonyl (C=O) groups is 2. The van der Waals surface area contributed by atoms with E-state index in [9.17, 15) is 9.59 Å². The van der Waals surface area contributed by atoms with E-state index in [1.807, 2.05) is 67.0 Å². The van der Waals surface area contributed by atoms with Crippen molar-refractivity contribution >= 4 is 63.9 Å². The minimum absolute atomic E-state index is 0.120. The highest BCUT2D eigenvalue weighted by Gasteiger charge is 2.29. The minimum Gasteiger partial charge on any atom is -0.379 e. The largest absolute Gasteiger partial charge is 0.379 e. The number of ether oxygens (including phenoxy) is 4. The van der Waals surface area contributed by atoms with Gasteiger partial charge in [-0.25, -0.2) is 14.2 Å². The number of aromatic nitrogens is 6. The van der Waals surface area contributed by atoms with Gasteiger partial charge in [-0.3, -0.25) is 4.79 Å². The second kappa shape index (κ2) is 27.9. The normalized spacial score (nSPS) is 15.5. The van der Waals surface area contributed by atoms with Gasteiger partial charge in [0.2, 0.25) is 0 Å². The Hall–Kier alpha value is -5.76. The fraction of sp³-hybridized carbons (Fsp3) is 0.379. The molecule has 0 unspecified atom stereocenters. The van der Waals surface area contributed by atoms with Crippen LogP contribution < -0.4 is 10.6 Å². The highest BCUT2D eigenvalue weighted by molar-refractivity contribution is 6.35. The molecule has 2 aliphatic rings. The number of nitrogens with zero attached hydrogens (tertiary/aromatic N) is 8. The van der Waals surface area contributed by atoms with Crippen LogP contribution in [0.3, 0.4) is 0 Å². The van der Waals surface area contributed by atoms with E-state index in [1.54, 1.807) is 21.5 Å². The number of carbonyl (C=O) groups excluding carboxylic acids is 2. The molecule has 0 radical (unpaired) electrons. The third-order valence-electron chi connectivity index (χ3n) is 13.8. The molecular formula is C58H64Cl4N10O6. The molecule has 2 N–H and O–H groups in total. The van der Waals surface area contributed by atoms with Crippen molar-refractivity contribution in [1.29, 1.82) is 0 Å². The Balaban J connectivity index is 0.577. The van der Waals surface area contributed by atoms with Crippen molar-refractivity contribution in [2.75, 3.05) is 91.9 Å². The van der Waals surface area contributed by atoms with Crippen LogP contribution in [0, 0.1) is 0 Å². The Bertz CT molecular complexity index is 2930. The fourth-order valence-electron chi connectivity index (χ4n) is 9.94. The number of nitrogens with one attached hydrogen (secondary N) is 2. The Morgan fingerprint density at radius 2 is 1.10 bits per heavy atom. The summed E-state index contributed by atoms with van der Waals surface area (Å²) in [5, 5.41) is 25.8. The van der Waals surface area contributed by atoms with Crippen LogP contribution in [0.1, 0.15) is 63.6 Å². The van der Waals surface area contributed by atoms with E-state index in [0.717, 1.165) is 70.9 Å². The standard InChI is InChI=1S/C58H64Cl4N10O6/c1-69-33-50(48-29-44(59)31-54(61)52(48)35-69)40-6-3-8-42(27-40)56-37-71(67-65-56)16-20-77-24-22-75-18-5-10-47(73)26-39-11-13-46(14-12-39)64-58(74)63-15-19-76-23-25-78-21-17-72-38-57(66-68-72)43-9-4-7-41(28-43)51-34-70(2)36-53-49(51)30-45(60)32-55(53)62/h3-4,6-9,11-14,27-32,37-38,50-51H,5,10,15-26,33-36H2,1-2H3,(H2,63,64,74)/t50-,51-/m0/s1. The van der Waals surface area contributed by atoms with Crippen LogP contribution in [-0.4, -0.2) is 138 Å². The molecule has 5 aromatic carbocycles. The van der Waals surface area contributed by atoms with Gasteiger partial charge in [0, 0.05) is 101 Å². The third-order valence-corrected chi connectivity index (χ3v) is 14.9. The summed E-state index contributed by atoms with van der Waals surface area (Å²) in [5.74, 6) is 0.380. The van der Waals surface area contributed by atoms with Crippen LogP contribution in [-0.2, 0) is 56.3 Å². The van der Waals surface area contributed by atoms with Crippen molar-refractivity contribution in [2.24, 2.45) is 0 Å². The maximum Gasteiger partial charge on any atom is 0.319 e. The van der Waals surface area contributed by atoms with E-state index in [0.29, 0.717) is 118 Å². The quantitative estimate of drug-likeness (QED) is 0.0494. The summed E-state index contributed by atoms with van der Waals surface area (Å²) in [6.07, 6.45) is 5.19. The summed E-state index contributed by atoms with van der Waals surface area (Å²) in [5.41, 5.74) is 11.9. The minimum atomic E-state index is -0.347. The van der Waals surface area contributed by atoms with E-state index in [4.69, 9.17) is 65.4 Å². The number of rotatable bonds is 26. The summed E-state index contributed by atoms with van der Waals surface area (Å²) in [6, 6.07) is 31.4. The van der Waals surface area contributed by atoms with Gasteiger partial charge in [0.25, 0.3) is 0 Å². The molecule has 78 heavy (non-hydrogen) atoms. The van der Waals surface area contributed by atoms with Crippen molar-refractivity contribution in [2.45, 2.75) is 57.3 Å². The molecule has 410 valence electrons. The van der Waals surface area contributed by atoms with E-state index < -0.39 is 0 Å². The number of anilines is 1. The Morgan fingerprint density at radius 3 is 1.63 bits per heavy atom. The highest BCUT2D eigenvalue weighted by Crippen LogP contribution is 2.41. The average Bonchev–Trinajstić information content (AvgIpc) is 4.15. The Morgan fingerprint density at radius 1 is 0.603 bits per heavy atom. The topological polar surface area (TPSA) is 163 Å². The second-order valence-electron chi connectivity index (χ2n) is 19.7. The monoisotopic (exact) mass is 1140 g/mol. The number of hydrogen-bond acceptors (Lipinski definition) is 12. The first-order valence-corrected chi connectivity index (χ1v) is 27.7. The number of ketones is 1. The smallest absolute Gasteiger partial charge is 0.319 e. The molecule has 0 aliphatic carbocycles. The summed E-state index contributed by atoms with van der Waals surface area (Å²) >= 11 is 26.0. The first kappa shape index (κ1) is 56.9. The van der Waals surface area contributed by atoms with Gasteiger partial charge in [0.05, 0.1) is 71.7 Å². The maximum absolute atomic E-state index is 12.7. The highest BCUT2D eigenvalue weighted by atomic mass is 35.5. The molecular weight excluding hydrogens is 1070 g/mol. The van der Waals surface area contributed by atoms with E-state index in [2.05, 4.69) is 85.5 Å². The lowest BCUT2D eigenvalue weighted by molar-refractivity contribution is -0.118. The molecule has 0 bridgehead atoms. The van der Waals surface area contributed by atoms with Crippen molar-refractivity contribution in [3.8, 4) is 22.5 Å². The first-order valence-electron chi connectivity index (χ1n) is 26.2. The number of amides is 2. The number of urea groups is 1. The summed E-state index contributed by atoms with van der Waals surface area (Å²) < 4.78 is 26.5. The average molecular weight is 1140 g/mol. The van der Waals surface area contributed by atoms with Gasteiger partial charge < -0.3 is 39.4 Å². The molecule has 20 heteroatoms. The molecule has 0 saturated carbocycles. The molecule has 0 fully saturated rings. The van der Waals surface area contributed by atoms with E-state index in [-0.39, 0.29) is 23.7 Å². The van der Waals surface area contributed by atoms with Crippen LogP contribution >= 0.6 is 46.4 Å². The lowest BCUT2D eigenvalue weighted by Gasteiger charge is -2.33. The third kappa shape index (κ3) is 15.7. The number of Topliss-reactive ketones (excluding diaryl/α,β-unsaturated/α-hetero) is 1. The maximum atomic E-state index is 12.7. The van der Waals surface area contributed by atoms with Gasteiger partial charge in [0.15, 0.2) is 0 Å². The van der Waals surface area contributed by atoms with Gasteiger partial charge in [-0.2, -0.15) is 0 Å². The molecule has 2 amide bonds. The zero-order chi connectivity index (χ0) is 54.4.